The zero-order valence-electron chi connectivity index (χ0n) is 9.08. The predicted octanol–water partition coefficient (Wildman–Crippen LogP) is 0.742. The second-order valence-corrected chi connectivity index (χ2v) is 3.96. The Labute approximate surface area is 81.3 Å². The van der Waals surface area contributed by atoms with Crippen molar-refractivity contribution in [1.29, 1.82) is 0 Å². The fourth-order valence-electron chi connectivity index (χ4n) is 2.11. The zero-order chi connectivity index (χ0) is 9.90. The summed E-state index contributed by atoms with van der Waals surface area (Å²) in [6.45, 7) is 8.12. The number of rotatable bonds is 3. The van der Waals surface area contributed by atoms with E-state index in [2.05, 4.69) is 30.7 Å². The number of hydrogen-bond donors (Lipinski definition) is 1. The van der Waals surface area contributed by atoms with Crippen LogP contribution in [0, 0.1) is 0 Å². The van der Waals surface area contributed by atoms with Crippen molar-refractivity contribution >= 4 is 0 Å². The first-order valence-electron chi connectivity index (χ1n) is 5.28. The molecule has 13 heavy (non-hydrogen) atoms. The monoisotopic (exact) mass is 186 g/mol. The maximum Gasteiger partial charge on any atom is 0.120 e. The Morgan fingerprint density at radius 3 is 2.08 bits per heavy atom. The van der Waals surface area contributed by atoms with Gasteiger partial charge in [-0.05, 0) is 20.1 Å². The topological polar surface area (TPSA) is 26.7 Å². The second kappa shape index (κ2) is 4.40. The van der Waals surface area contributed by atoms with Gasteiger partial charge in [-0.2, -0.15) is 0 Å². The maximum absolute atomic E-state index is 10.3. The van der Waals surface area contributed by atoms with Crippen LogP contribution in [-0.4, -0.2) is 53.9 Å². The summed E-state index contributed by atoms with van der Waals surface area (Å²) in [5.74, 6) is 0. The summed E-state index contributed by atoms with van der Waals surface area (Å²) in [6.07, 6.45) is 1.76. The Kier molecular flexibility index (Phi) is 3.71. The average Bonchev–Trinajstić information content (AvgIpc) is 2.13. The van der Waals surface area contributed by atoms with Crippen molar-refractivity contribution in [2.45, 2.75) is 32.4 Å². The van der Waals surface area contributed by atoms with Gasteiger partial charge in [-0.3, -0.25) is 4.90 Å². The Morgan fingerprint density at radius 2 is 1.69 bits per heavy atom. The highest BCUT2D eigenvalue weighted by atomic mass is 16.3. The van der Waals surface area contributed by atoms with Gasteiger partial charge in [-0.15, -0.1) is 0 Å². The summed E-state index contributed by atoms with van der Waals surface area (Å²) in [6, 6.07) is 0. The van der Waals surface area contributed by atoms with Gasteiger partial charge < -0.3 is 10.0 Å². The number of hydrogen-bond acceptors (Lipinski definition) is 3. The SMILES string of the molecule is CCN(CC)C1(O)CCN(C)CC1. The van der Waals surface area contributed by atoms with Crippen LogP contribution in [-0.2, 0) is 0 Å². The van der Waals surface area contributed by atoms with Gasteiger partial charge in [-0.1, -0.05) is 13.8 Å². The Morgan fingerprint density at radius 1 is 1.23 bits per heavy atom. The third-order valence-electron chi connectivity index (χ3n) is 3.14. The van der Waals surface area contributed by atoms with Crippen LogP contribution in [0.5, 0.6) is 0 Å². The van der Waals surface area contributed by atoms with Gasteiger partial charge in [0.05, 0.1) is 0 Å². The molecule has 3 nitrogen and oxygen atoms in total. The van der Waals surface area contributed by atoms with Gasteiger partial charge in [0.1, 0.15) is 5.72 Å². The molecular formula is C10H22N2O. The highest BCUT2D eigenvalue weighted by Gasteiger charge is 2.35. The molecule has 0 amide bonds. The van der Waals surface area contributed by atoms with Crippen molar-refractivity contribution < 1.29 is 5.11 Å². The van der Waals surface area contributed by atoms with E-state index in [-0.39, 0.29) is 0 Å². The molecule has 0 bridgehead atoms. The van der Waals surface area contributed by atoms with Crippen LogP contribution in [0.1, 0.15) is 26.7 Å². The van der Waals surface area contributed by atoms with Crippen LogP contribution < -0.4 is 0 Å². The molecular weight excluding hydrogens is 164 g/mol. The highest BCUT2D eigenvalue weighted by molar-refractivity contribution is 4.84. The molecule has 0 aromatic rings. The van der Waals surface area contributed by atoms with Crippen LogP contribution in [0.3, 0.4) is 0 Å². The van der Waals surface area contributed by atoms with Crippen molar-refractivity contribution in [1.82, 2.24) is 9.80 Å². The van der Waals surface area contributed by atoms with Gasteiger partial charge in [0.2, 0.25) is 0 Å². The minimum atomic E-state index is -0.532. The smallest absolute Gasteiger partial charge is 0.120 e. The molecule has 0 aliphatic carbocycles. The van der Waals surface area contributed by atoms with Crippen molar-refractivity contribution in [2.24, 2.45) is 0 Å². The van der Waals surface area contributed by atoms with E-state index >= 15 is 0 Å². The molecule has 78 valence electrons. The molecule has 0 aromatic carbocycles. The van der Waals surface area contributed by atoms with E-state index in [1.165, 1.54) is 0 Å². The largest absolute Gasteiger partial charge is 0.376 e. The van der Waals surface area contributed by atoms with Crippen LogP contribution in [0.15, 0.2) is 0 Å². The molecule has 1 aliphatic rings. The minimum absolute atomic E-state index is 0.532. The van der Waals surface area contributed by atoms with E-state index in [1.807, 2.05) is 0 Å². The first-order chi connectivity index (χ1) is 6.12. The molecule has 0 saturated carbocycles. The zero-order valence-corrected chi connectivity index (χ0v) is 9.08. The lowest BCUT2D eigenvalue weighted by molar-refractivity contribution is -0.136. The molecule has 1 rings (SSSR count). The molecule has 0 aromatic heterocycles. The molecule has 1 aliphatic heterocycles. The van der Waals surface area contributed by atoms with E-state index in [9.17, 15) is 5.11 Å². The molecule has 1 fully saturated rings. The van der Waals surface area contributed by atoms with Crippen molar-refractivity contribution in [3.05, 3.63) is 0 Å². The lowest BCUT2D eigenvalue weighted by Crippen LogP contribution is -2.54. The Balaban J connectivity index is 2.54. The molecule has 0 atom stereocenters. The van der Waals surface area contributed by atoms with Crippen molar-refractivity contribution in [3.8, 4) is 0 Å². The molecule has 0 radical (unpaired) electrons. The van der Waals surface area contributed by atoms with Crippen LogP contribution in [0.2, 0.25) is 0 Å². The molecule has 3 heteroatoms. The first-order valence-corrected chi connectivity index (χ1v) is 5.28. The number of aliphatic hydroxyl groups is 1. The standard InChI is InChI=1S/C10H22N2O/c1-4-12(5-2)10(13)6-8-11(3)9-7-10/h13H,4-9H2,1-3H3. The summed E-state index contributed by atoms with van der Waals surface area (Å²) >= 11 is 0. The molecule has 1 N–H and O–H groups in total. The van der Waals surface area contributed by atoms with Gasteiger partial charge >= 0.3 is 0 Å². The van der Waals surface area contributed by atoms with Crippen molar-refractivity contribution in [2.75, 3.05) is 33.2 Å². The number of nitrogens with zero attached hydrogens (tertiary/aromatic N) is 2. The predicted molar refractivity (Wildman–Crippen MR) is 54.6 cm³/mol. The van der Waals surface area contributed by atoms with Crippen LogP contribution in [0.4, 0.5) is 0 Å². The Hall–Kier alpha value is -0.120. The maximum atomic E-state index is 10.3. The summed E-state index contributed by atoms with van der Waals surface area (Å²) in [5.41, 5.74) is -0.532. The fraction of sp³-hybridized carbons (Fsp3) is 1.00. The summed E-state index contributed by atoms with van der Waals surface area (Å²) in [5, 5.41) is 10.3. The number of piperidine rings is 1. The van der Waals surface area contributed by atoms with Gasteiger partial charge in [0.25, 0.3) is 0 Å². The van der Waals surface area contributed by atoms with E-state index in [1.54, 1.807) is 0 Å². The summed E-state index contributed by atoms with van der Waals surface area (Å²) < 4.78 is 0. The van der Waals surface area contributed by atoms with Gasteiger partial charge in [0.15, 0.2) is 0 Å². The minimum Gasteiger partial charge on any atom is -0.376 e. The van der Waals surface area contributed by atoms with E-state index < -0.39 is 5.72 Å². The molecule has 0 spiro atoms. The van der Waals surface area contributed by atoms with Crippen LogP contribution >= 0.6 is 0 Å². The molecule has 1 saturated heterocycles. The van der Waals surface area contributed by atoms with Crippen molar-refractivity contribution in [3.63, 3.8) is 0 Å². The second-order valence-electron chi connectivity index (χ2n) is 3.96. The average molecular weight is 186 g/mol. The summed E-state index contributed by atoms with van der Waals surface area (Å²) in [4.78, 5) is 4.44. The third kappa shape index (κ3) is 2.42. The lowest BCUT2D eigenvalue weighted by atomic mass is 9.99. The first kappa shape index (κ1) is 11.0. The van der Waals surface area contributed by atoms with Crippen LogP contribution in [0.25, 0.3) is 0 Å². The molecule has 0 unspecified atom stereocenters. The van der Waals surface area contributed by atoms with E-state index in [0.29, 0.717) is 0 Å². The normalized spacial score (nSPS) is 23.8. The van der Waals surface area contributed by atoms with E-state index in [4.69, 9.17) is 0 Å². The Bertz CT molecular complexity index is 149. The third-order valence-corrected chi connectivity index (χ3v) is 3.14. The van der Waals surface area contributed by atoms with E-state index in [0.717, 1.165) is 39.0 Å². The summed E-state index contributed by atoms with van der Waals surface area (Å²) in [7, 11) is 2.11. The fourth-order valence-corrected chi connectivity index (χ4v) is 2.11. The molecule has 1 heterocycles. The number of likely N-dealkylation sites (tertiary alicyclic amines) is 1. The quantitative estimate of drug-likeness (QED) is 0.659. The lowest BCUT2D eigenvalue weighted by Gasteiger charge is -2.43. The van der Waals surface area contributed by atoms with Gasteiger partial charge in [-0.25, -0.2) is 0 Å². The van der Waals surface area contributed by atoms with Gasteiger partial charge in [0, 0.05) is 25.9 Å². The highest BCUT2D eigenvalue weighted by Crippen LogP contribution is 2.24.